The number of anilines is 1. The van der Waals surface area contributed by atoms with Crippen molar-refractivity contribution in [2.45, 2.75) is 58.6 Å². The summed E-state index contributed by atoms with van der Waals surface area (Å²) in [6.07, 6.45) is 8.60. The van der Waals surface area contributed by atoms with Crippen molar-refractivity contribution in [3.63, 3.8) is 0 Å². The number of hydrogen-bond donors (Lipinski definition) is 1. The predicted molar refractivity (Wildman–Crippen MR) is 175 cm³/mol. The Bertz CT molecular complexity index is 1640. The van der Waals surface area contributed by atoms with E-state index >= 15 is 0 Å². The molecule has 1 fully saturated rings. The first kappa shape index (κ1) is 32.4. The number of piperidine rings is 1. The maximum Gasteiger partial charge on any atom is 0.413 e. The van der Waals surface area contributed by atoms with Crippen molar-refractivity contribution in [3.8, 4) is 5.75 Å². The third kappa shape index (κ3) is 6.96. The van der Waals surface area contributed by atoms with E-state index in [1.165, 1.54) is 7.11 Å². The Kier molecular flexibility index (Phi) is 9.44. The van der Waals surface area contributed by atoms with Crippen molar-refractivity contribution >= 4 is 56.5 Å². The molecule has 5 rings (SSSR count). The van der Waals surface area contributed by atoms with Crippen LogP contribution in [-0.2, 0) is 16.0 Å². The van der Waals surface area contributed by atoms with Crippen molar-refractivity contribution in [3.05, 3.63) is 47.0 Å². The van der Waals surface area contributed by atoms with Crippen LogP contribution in [0.25, 0.3) is 16.6 Å². The smallest absolute Gasteiger partial charge is 0.413 e. The quantitative estimate of drug-likeness (QED) is 0.303. The zero-order valence-electron chi connectivity index (χ0n) is 26.4. The number of hydrogen-bond acceptors (Lipinski definition) is 9. The van der Waals surface area contributed by atoms with E-state index in [9.17, 15) is 9.59 Å². The number of quaternary nitrogens is 1. The van der Waals surface area contributed by atoms with E-state index in [1.54, 1.807) is 12.0 Å². The number of aromatic nitrogens is 5. The van der Waals surface area contributed by atoms with Crippen molar-refractivity contribution in [2.75, 3.05) is 45.7 Å². The van der Waals surface area contributed by atoms with Gasteiger partial charge in [-0.2, -0.15) is 10.1 Å². The Labute approximate surface area is 271 Å². The molecule has 0 saturated carbocycles. The highest BCUT2D eigenvalue weighted by Gasteiger charge is 2.37. The van der Waals surface area contributed by atoms with Gasteiger partial charge in [-0.25, -0.2) is 23.7 Å². The van der Waals surface area contributed by atoms with Gasteiger partial charge >= 0.3 is 12.2 Å². The van der Waals surface area contributed by atoms with Crippen molar-refractivity contribution < 1.29 is 23.8 Å². The summed E-state index contributed by atoms with van der Waals surface area (Å²) in [7, 11) is 2.91. The van der Waals surface area contributed by atoms with Crippen LogP contribution in [-0.4, -0.2) is 87.8 Å². The number of nitrogens with one attached hydrogen (secondary N) is 1. The number of methoxy groups -OCH3 is 2. The molecule has 13 nitrogen and oxygen atoms in total. The molecule has 3 aromatic rings. The number of ether oxygens (including phenoxy) is 3. The van der Waals surface area contributed by atoms with E-state index in [2.05, 4.69) is 32.8 Å². The lowest BCUT2D eigenvalue weighted by atomic mass is 10.0. The number of likely N-dealkylation sites (tertiary alicyclic amines) is 1. The molecule has 3 aromatic heterocycles. The predicted octanol–water partition coefficient (Wildman–Crippen LogP) is 5.88. The van der Waals surface area contributed by atoms with E-state index < -0.39 is 11.7 Å². The summed E-state index contributed by atoms with van der Waals surface area (Å²) >= 11 is 3.58. The minimum Gasteiger partial charge on any atom is -0.495 e. The van der Waals surface area contributed by atoms with E-state index in [4.69, 9.17) is 29.3 Å². The Balaban J connectivity index is 1.48. The molecule has 2 amide bonds. The van der Waals surface area contributed by atoms with Gasteiger partial charge in [0.25, 0.3) is 5.82 Å². The standard InChI is InChI=1S/C31H39BrN8O5/c1-7-40(15-9-8-10-16-40)27-25-24(34-28(35-27)36-29(41)44-6)26(32)37-39(25)19-22-23(43-5)17-21(18-33-22)20-11-13-38(14-12-20)30(42)45-31(2,3)4/h7,11,17-18H,1,8-10,12-16,19H2,2-6H3/p+1. The molecular weight excluding hydrogens is 644 g/mol. The van der Waals surface area contributed by atoms with Crippen LogP contribution in [0.3, 0.4) is 0 Å². The molecule has 240 valence electrons. The second-order valence-corrected chi connectivity index (χ2v) is 12.9. The van der Waals surface area contributed by atoms with Crippen molar-refractivity contribution in [1.29, 1.82) is 0 Å². The van der Waals surface area contributed by atoms with Gasteiger partial charge in [0, 0.05) is 19.3 Å². The minimum absolute atomic E-state index is 0.126. The number of rotatable bonds is 7. The van der Waals surface area contributed by atoms with E-state index in [1.807, 2.05) is 50.0 Å². The zero-order chi connectivity index (χ0) is 32.4. The number of pyridine rings is 1. The zero-order valence-corrected chi connectivity index (χ0v) is 28.0. The van der Waals surface area contributed by atoms with Crippen molar-refractivity contribution in [2.24, 2.45) is 0 Å². The Hall–Kier alpha value is -4.04. The van der Waals surface area contributed by atoms with Crippen LogP contribution in [0.4, 0.5) is 21.4 Å². The number of carbonyl (C=O) groups excluding carboxylic acids is 2. The second kappa shape index (κ2) is 13.1. The monoisotopic (exact) mass is 683 g/mol. The van der Waals surface area contributed by atoms with E-state index in [0.717, 1.165) is 43.5 Å². The molecule has 0 spiro atoms. The van der Waals surface area contributed by atoms with Crippen LogP contribution in [0.5, 0.6) is 5.75 Å². The highest BCUT2D eigenvalue weighted by molar-refractivity contribution is 9.10. The lowest BCUT2D eigenvalue weighted by molar-refractivity contribution is 0.0270. The minimum atomic E-state index is -0.660. The summed E-state index contributed by atoms with van der Waals surface area (Å²) < 4.78 is 18.9. The summed E-state index contributed by atoms with van der Waals surface area (Å²) in [4.78, 5) is 40.5. The fourth-order valence-corrected chi connectivity index (χ4v) is 6.19. The Morgan fingerprint density at radius 1 is 1.18 bits per heavy atom. The summed E-state index contributed by atoms with van der Waals surface area (Å²) in [5.41, 5.74) is 3.41. The first-order valence-electron chi connectivity index (χ1n) is 15.0. The summed E-state index contributed by atoms with van der Waals surface area (Å²) in [5, 5.41) is 7.38. The van der Waals surface area contributed by atoms with Crippen LogP contribution in [0.2, 0.25) is 0 Å². The molecule has 0 unspecified atom stereocenters. The molecule has 0 aromatic carbocycles. The summed E-state index contributed by atoms with van der Waals surface area (Å²) in [5.74, 6) is 1.43. The molecule has 2 aliphatic rings. The van der Waals surface area contributed by atoms with Gasteiger partial charge in [-0.1, -0.05) is 6.08 Å². The van der Waals surface area contributed by atoms with Gasteiger partial charge < -0.3 is 19.1 Å². The highest BCUT2D eigenvalue weighted by atomic mass is 79.9. The van der Waals surface area contributed by atoms with E-state index in [-0.39, 0.29) is 18.6 Å². The Morgan fingerprint density at radius 3 is 2.56 bits per heavy atom. The van der Waals surface area contributed by atoms with Crippen LogP contribution >= 0.6 is 15.9 Å². The van der Waals surface area contributed by atoms with Gasteiger partial charge in [-0.05, 0) is 86.2 Å². The normalized spacial score (nSPS) is 16.6. The third-order valence-corrected chi connectivity index (χ3v) is 8.53. The van der Waals surface area contributed by atoms with Crippen LogP contribution in [0.1, 0.15) is 57.7 Å². The lowest BCUT2D eigenvalue weighted by Crippen LogP contribution is -2.48. The summed E-state index contributed by atoms with van der Waals surface area (Å²) in [6.45, 7) is 12.7. The van der Waals surface area contributed by atoms with Crippen molar-refractivity contribution in [1.82, 2.24) is 34.1 Å². The lowest BCUT2D eigenvalue weighted by Gasteiger charge is -2.36. The number of nitrogens with zero attached hydrogens (tertiary/aromatic N) is 7. The highest BCUT2D eigenvalue weighted by Crippen LogP contribution is 2.37. The topological polar surface area (TPSA) is 134 Å². The molecule has 1 saturated heterocycles. The Morgan fingerprint density at radius 2 is 1.93 bits per heavy atom. The molecule has 0 radical (unpaired) electrons. The van der Waals surface area contributed by atoms with Gasteiger partial charge in [0.2, 0.25) is 5.95 Å². The molecule has 0 atom stereocenters. The second-order valence-electron chi connectivity index (χ2n) is 12.1. The SMILES string of the molecule is C=C[N+]1(c2nc(NC(=O)OC)nc3c(Br)nn(Cc4ncc(C5=CCN(C(=O)OC(C)(C)C)CC5)cc4OC)c23)CCCCC1. The van der Waals surface area contributed by atoms with Gasteiger partial charge in [0.1, 0.15) is 22.6 Å². The molecule has 2 aliphatic heterocycles. The molecule has 14 heteroatoms. The van der Waals surface area contributed by atoms with E-state index in [0.29, 0.717) is 56.9 Å². The fraction of sp³-hybridized carbons (Fsp3) is 0.484. The number of halogens is 1. The maximum absolute atomic E-state index is 12.5. The van der Waals surface area contributed by atoms with Crippen LogP contribution in [0.15, 0.2) is 35.7 Å². The first-order valence-corrected chi connectivity index (χ1v) is 15.8. The van der Waals surface area contributed by atoms with Gasteiger partial charge in [-0.3, -0.25) is 10.3 Å². The van der Waals surface area contributed by atoms with Gasteiger partial charge in [0.05, 0.1) is 40.1 Å². The van der Waals surface area contributed by atoms with Crippen LogP contribution < -0.4 is 14.5 Å². The average Bonchev–Trinajstić information content (AvgIpc) is 3.34. The molecule has 1 N–H and O–H groups in total. The summed E-state index contributed by atoms with van der Waals surface area (Å²) in [6, 6.07) is 1.97. The molecule has 45 heavy (non-hydrogen) atoms. The third-order valence-electron chi connectivity index (χ3n) is 7.99. The number of carbonyl (C=O) groups is 2. The average molecular weight is 685 g/mol. The molecular formula is C31H40BrN8O5+. The molecule has 0 bridgehead atoms. The number of amides is 2. The molecule has 5 heterocycles. The largest absolute Gasteiger partial charge is 0.495 e. The van der Waals surface area contributed by atoms with Gasteiger partial charge in [0.15, 0.2) is 10.1 Å². The molecule has 0 aliphatic carbocycles. The fourth-order valence-electron chi connectivity index (χ4n) is 5.72. The van der Waals surface area contributed by atoms with Gasteiger partial charge in [-0.15, -0.1) is 0 Å². The first-order chi connectivity index (χ1) is 21.5. The number of fused-ring (bicyclic) bond motifs is 1. The maximum atomic E-state index is 12.5. The van der Waals surface area contributed by atoms with Crippen LogP contribution in [0, 0.1) is 0 Å².